The van der Waals surface area contributed by atoms with Crippen LogP contribution in [0.3, 0.4) is 0 Å². The summed E-state index contributed by atoms with van der Waals surface area (Å²) in [7, 11) is 0. The van der Waals surface area contributed by atoms with Crippen LogP contribution < -0.4 is 0 Å². The third kappa shape index (κ3) is 4.30. The highest BCUT2D eigenvalue weighted by Crippen LogP contribution is 2.50. The normalized spacial score (nSPS) is 29.4. The van der Waals surface area contributed by atoms with Crippen LogP contribution in [0.1, 0.15) is 97.9 Å². The lowest BCUT2D eigenvalue weighted by Gasteiger charge is -2.37. The van der Waals surface area contributed by atoms with Gasteiger partial charge in [-0.05, 0) is 59.3 Å². The molecular weight excluding hydrogens is 457 g/mol. The number of hydrogen-bond donors (Lipinski definition) is 0. The molecule has 0 spiro atoms. The summed E-state index contributed by atoms with van der Waals surface area (Å²) >= 11 is 0. The van der Waals surface area contributed by atoms with E-state index in [9.17, 15) is 13.2 Å². The molecule has 3 fully saturated rings. The van der Waals surface area contributed by atoms with E-state index in [1.807, 2.05) is 31.6 Å². The summed E-state index contributed by atoms with van der Waals surface area (Å²) in [6.07, 6.45) is 3.50. The van der Waals surface area contributed by atoms with Gasteiger partial charge in [-0.25, -0.2) is 19.9 Å². The van der Waals surface area contributed by atoms with Crippen LogP contribution in [-0.4, -0.2) is 42.0 Å². The minimum absolute atomic E-state index is 0.00470. The molecule has 0 aromatic carbocycles. The topological polar surface area (TPSA) is 78.6 Å². The first-order valence-corrected chi connectivity index (χ1v) is 12.4. The summed E-state index contributed by atoms with van der Waals surface area (Å²) < 4.78 is 47.9. The fourth-order valence-corrected chi connectivity index (χ4v) is 5.36. The van der Waals surface area contributed by atoms with Crippen LogP contribution in [-0.2, 0) is 4.74 Å². The Hall–Kier alpha value is -2.62. The molecule has 3 atom stereocenters. The van der Waals surface area contributed by atoms with Gasteiger partial charge in [0.15, 0.2) is 5.65 Å². The first-order valence-electron chi connectivity index (χ1n) is 12.4. The number of nitrogens with zero attached hydrogens (tertiary/aromatic N) is 6. The molecule has 3 aromatic rings. The average molecular weight is 487 g/mol. The second-order valence-electron chi connectivity index (χ2n) is 10.5. The molecule has 7 nitrogen and oxygen atoms in total. The minimum atomic E-state index is -4.17. The zero-order chi connectivity index (χ0) is 24.5. The molecule has 6 rings (SSSR count). The molecule has 3 aromatic heterocycles. The summed E-state index contributed by atoms with van der Waals surface area (Å²) in [5, 5.41) is 4.51. The van der Waals surface area contributed by atoms with Gasteiger partial charge in [-0.3, -0.25) is 4.68 Å². The Balaban J connectivity index is 1.34. The Labute approximate surface area is 201 Å². The van der Waals surface area contributed by atoms with Gasteiger partial charge in [0.2, 0.25) is 0 Å². The fraction of sp³-hybridized carbons (Fsp3) is 0.640. The molecule has 3 aliphatic rings. The summed E-state index contributed by atoms with van der Waals surface area (Å²) in [5.41, 5.74) is 4.17. The van der Waals surface area contributed by atoms with Crippen LogP contribution in [0.5, 0.6) is 0 Å². The van der Waals surface area contributed by atoms with Crippen LogP contribution in [0.15, 0.2) is 12.4 Å². The van der Waals surface area contributed by atoms with Crippen molar-refractivity contribution in [1.29, 1.82) is 0 Å². The maximum absolute atomic E-state index is 13.2. The highest BCUT2D eigenvalue weighted by atomic mass is 19.4. The summed E-state index contributed by atoms with van der Waals surface area (Å²) in [5.74, 6) is -0.920. The molecule has 35 heavy (non-hydrogen) atoms. The van der Waals surface area contributed by atoms with E-state index < -0.39 is 12.1 Å². The third-order valence-electron chi connectivity index (χ3n) is 7.77. The van der Waals surface area contributed by atoms with E-state index in [0.29, 0.717) is 35.1 Å². The molecule has 2 saturated carbocycles. The predicted molar refractivity (Wildman–Crippen MR) is 122 cm³/mol. The van der Waals surface area contributed by atoms with Crippen molar-refractivity contribution in [2.24, 2.45) is 5.92 Å². The highest BCUT2D eigenvalue weighted by Gasteiger charge is 2.49. The van der Waals surface area contributed by atoms with Gasteiger partial charge in [0.05, 0.1) is 47.4 Å². The Kier molecular flexibility index (Phi) is 5.36. The second kappa shape index (κ2) is 8.21. The van der Waals surface area contributed by atoms with Crippen LogP contribution in [0, 0.1) is 19.8 Å². The maximum atomic E-state index is 13.2. The molecule has 1 aliphatic heterocycles. The first kappa shape index (κ1) is 22.8. The summed E-state index contributed by atoms with van der Waals surface area (Å²) in [6, 6.07) is 0.500. The predicted octanol–water partition coefficient (Wildman–Crippen LogP) is 5.65. The summed E-state index contributed by atoms with van der Waals surface area (Å²) in [6.45, 7) is 5.77. The smallest absolute Gasteiger partial charge is 0.370 e. The van der Waals surface area contributed by atoms with Gasteiger partial charge in [0.1, 0.15) is 11.3 Å². The van der Waals surface area contributed by atoms with Gasteiger partial charge >= 0.3 is 6.18 Å². The molecular formula is C25H29F3N6O. The lowest BCUT2D eigenvalue weighted by atomic mass is 9.72. The number of fused-ring (bicyclic) bond motifs is 1. The SMILES string of the molecule is Cc1nc2nc([C@@H]3C[C@@H](C)O[C@@H](c4cnn(C5CC5)c4)C3)nc(C3CC(C(F)(F)F)C3)c2nc1C. The maximum Gasteiger partial charge on any atom is 0.391 e. The van der Waals surface area contributed by atoms with E-state index in [2.05, 4.69) is 21.3 Å². The van der Waals surface area contributed by atoms with E-state index in [0.717, 1.165) is 36.2 Å². The monoisotopic (exact) mass is 486 g/mol. The van der Waals surface area contributed by atoms with Crippen molar-refractivity contribution in [2.45, 2.75) is 95.6 Å². The van der Waals surface area contributed by atoms with Crippen LogP contribution in [0.25, 0.3) is 11.2 Å². The van der Waals surface area contributed by atoms with Crippen molar-refractivity contribution < 1.29 is 17.9 Å². The number of aryl methyl sites for hydroxylation is 2. The van der Waals surface area contributed by atoms with Gasteiger partial charge in [0, 0.05) is 23.6 Å². The van der Waals surface area contributed by atoms with Crippen LogP contribution in [0.2, 0.25) is 0 Å². The zero-order valence-corrected chi connectivity index (χ0v) is 20.1. The van der Waals surface area contributed by atoms with Crippen molar-refractivity contribution >= 4 is 11.2 Å². The lowest BCUT2D eigenvalue weighted by Crippen LogP contribution is -2.35. The van der Waals surface area contributed by atoms with E-state index in [1.165, 1.54) is 0 Å². The molecule has 0 unspecified atom stereocenters. The van der Waals surface area contributed by atoms with Gasteiger partial charge < -0.3 is 4.74 Å². The standard InChI is InChI=1S/C25H29F3N6O/c1-12-6-16(9-20(35-12)17-10-29-34(11-17)19-4-5-19)23-32-21(15-7-18(8-15)25(26,27)28)22-24(33-23)31-14(3)13(2)30-22/h10-12,15-16,18-20H,4-9H2,1-3H3/t12-,15?,16-,18?,20-/m1/s1. The van der Waals surface area contributed by atoms with E-state index in [1.54, 1.807) is 0 Å². The molecule has 4 heterocycles. The Bertz CT molecular complexity index is 1260. The molecule has 0 bridgehead atoms. The van der Waals surface area contributed by atoms with Crippen molar-refractivity contribution in [3.05, 3.63) is 40.9 Å². The highest BCUT2D eigenvalue weighted by molar-refractivity contribution is 5.73. The number of ether oxygens (including phenoxy) is 1. The van der Waals surface area contributed by atoms with Crippen LogP contribution in [0.4, 0.5) is 13.2 Å². The zero-order valence-electron chi connectivity index (χ0n) is 20.1. The van der Waals surface area contributed by atoms with Crippen molar-refractivity contribution in [2.75, 3.05) is 0 Å². The van der Waals surface area contributed by atoms with Gasteiger partial charge in [0.25, 0.3) is 0 Å². The van der Waals surface area contributed by atoms with Crippen LogP contribution >= 0.6 is 0 Å². The molecule has 0 N–H and O–H groups in total. The summed E-state index contributed by atoms with van der Waals surface area (Å²) in [4.78, 5) is 19.0. The minimum Gasteiger partial charge on any atom is -0.370 e. The molecule has 2 aliphatic carbocycles. The van der Waals surface area contributed by atoms with Crippen molar-refractivity contribution in [3.63, 3.8) is 0 Å². The third-order valence-corrected chi connectivity index (χ3v) is 7.77. The van der Waals surface area contributed by atoms with Gasteiger partial charge in [-0.15, -0.1) is 0 Å². The largest absolute Gasteiger partial charge is 0.391 e. The Morgan fingerprint density at radius 1 is 0.943 bits per heavy atom. The number of aromatic nitrogens is 6. The molecule has 0 amide bonds. The molecule has 0 radical (unpaired) electrons. The molecule has 186 valence electrons. The fourth-order valence-electron chi connectivity index (χ4n) is 5.36. The first-order chi connectivity index (χ1) is 16.7. The number of halogens is 3. The average Bonchev–Trinajstić information content (AvgIpc) is 3.48. The lowest BCUT2D eigenvalue weighted by molar-refractivity contribution is -0.197. The molecule has 10 heteroatoms. The quantitative estimate of drug-likeness (QED) is 0.474. The number of hydrogen-bond acceptors (Lipinski definition) is 6. The second-order valence-corrected chi connectivity index (χ2v) is 10.5. The molecule has 1 saturated heterocycles. The Morgan fingerprint density at radius 3 is 2.40 bits per heavy atom. The Morgan fingerprint density at radius 2 is 1.69 bits per heavy atom. The van der Waals surface area contributed by atoms with E-state index in [4.69, 9.17) is 14.7 Å². The van der Waals surface area contributed by atoms with Gasteiger partial charge in [-0.2, -0.15) is 18.3 Å². The van der Waals surface area contributed by atoms with E-state index >= 15 is 0 Å². The van der Waals surface area contributed by atoms with Crippen molar-refractivity contribution in [3.8, 4) is 0 Å². The van der Waals surface area contributed by atoms with Gasteiger partial charge in [-0.1, -0.05) is 0 Å². The number of alkyl halides is 3. The van der Waals surface area contributed by atoms with Crippen molar-refractivity contribution in [1.82, 2.24) is 29.7 Å². The van der Waals surface area contributed by atoms with E-state index in [-0.39, 0.29) is 36.9 Å². The number of rotatable bonds is 4.